The first-order chi connectivity index (χ1) is 15.6. The number of hydrogen-bond acceptors (Lipinski definition) is 2. The molecule has 0 aliphatic carbocycles. The van der Waals surface area contributed by atoms with Crippen LogP contribution in [0.3, 0.4) is 0 Å². The van der Waals surface area contributed by atoms with Crippen LogP contribution in [0.5, 0.6) is 5.75 Å². The van der Waals surface area contributed by atoms with Crippen molar-refractivity contribution in [3.05, 3.63) is 93.0 Å². The molecule has 5 rings (SSSR count). The summed E-state index contributed by atoms with van der Waals surface area (Å²) in [6, 6.07) is 18.3. The number of nitrogens with zero attached hydrogens (tertiary/aromatic N) is 1. The Labute approximate surface area is 201 Å². The number of anilines is 1. The summed E-state index contributed by atoms with van der Waals surface area (Å²) >= 11 is 6.44. The zero-order valence-electron chi connectivity index (χ0n) is 20.0. The van der Waals surface area contributed by atoms with Crippen LogP contribution in [0.15, 0.2) is 54.6 Å². The minimum Gasteiger partial charge on any atom is -0.488 e. The number of carbonyl (C=O) groups excluding carboxylic acids is 1. The molecule has 0 radical (unpaired) electrons. The molecule has 1 amide bonds. The zero-order chi connectivity index (χ0) is 23.5. The largest absolute Gasteiger partial charge is 0.488 e. The van der Waals surface area contributed by atoms with E-state index in [9.17, 15) is 4.79 Å². The molecule has 33 heavy (non-hydrogen) atoms. The van der Waals surface area contributed by atoms with Crippen LogP contribution >= 0.6 is 11.6 Å². The highest BCUT2D eigenvalue weighted by Crippen LogP contribution is 2.49. The van der Waals surface area contributed by atoms with E-state index in [-0.39, 0.29) is 11.5 Å². The topological polar surface area (TPSA) is 29.5 Å². The lowest BCUT2D eigenvalue weighted by Crippen LogP contribution is -2.39. The molecule has 0 saturated heterocycles. The number of fused-ring (bicyclic) bond motifs is 2. The van der Waals surface area contributed by atoms with Crippen molar-refractivity contribution in [3.63, 3.8) is 0 Å². The Morgan fingerprint density at radius 3 is 2.45 bits per heavy atom. The number of aryl methyl sites for hydroxylation is 3. The van der Waals surface area contributed by atoms with Gasteiger partial charge in [-0.1, -0.05) is 41.9 Å². The number of carbonyl (C=O) groups is 1. The fraction of sp³-hybridized carbons (Fsp3) is 0.345. The van der Waals surface area contributed by atoms with Crippen LogP contribution in [0.1, 0.15) is 60.6 Å². The van der Waals surface area contributed by atoms with Crippen molar-refractivity contribution in [2.24, 2.45) is 0 Å². The van der Waals surface area contributed by atoms with Gasteiger partial charge in [0.05, 0.1) is 12.0 Å². The predicted molar refractivity (Wildman–Crippen MR) is 134 cm³/mol. The monoisotopic (exact) mass is 459 g/mol. The summed E-state index contributed by atoms with van der Waals surface area (Å²) in [7, 11) is 0. The van der Waals surface area contributed by atoms with Gasteiger partial charge in [-0.3, -0.25) is 4.79 Å². The molecule has 0 spiro atoms. The van der Waals surface area contributed by atoms with Crippen LogP contribution in [0, 0.1) is 13.8 Å². The Morgan fingerprint density at radius 2 is 1.73 bits per heavy atom. The van der Waals surface area contributed by atoms with E-state index >= 15 is 0 Å². The van der Waals surface area contributed by atoms with Gasteiger partial charge in [0.15, 0.2) is 0 Å². The van der Waals surface area contributed by atoms with Gasteiger partial charge in [0.1, 0.15) is 11.4 Å². The first kappa shape index (κ1) is 22.0. The Hall–Kier alpha value is -2.78. The second kappa shape index (κ2) is 7.63. The summed E-state index contributed by atoms with van der Waals surface area (Å²) in [6.45, 7) is 11.0. The standard InChI is InChI=1S/C29H30ClNO2/c1-18-7-6-8-19(2)23(18)17-31-25-11-10-22(30)16-24(25)29(5,27(31)32)21-9-12-26-20(15-21)13-14-28(3,4)33-26/h6-12,15-16H,13-14,17H2,1-5H3/t29-/m0/s1. The second-order valence-electron chi connectivity index (χ2n) is 10.2. The van der Waals surface area contributed by atoms with Gasteiger partial charge in [0.25, 0.3) is 0 Å². The van der Waals surface area contributed by atoms with Crippen molar-refractivity contribution in [3.8, 4) is 5.75 Å². The molecule has 2 aliphatic heterocycles. The Kier molecular flexibility index (Phi) is 5.10. The lowest BCUT2D eigenvalue weighted by atomic mass is 9.76. The maximum atomic E-state index is 14.1. The maximum absolute atomic E-state index is 14.1. The van der Waals surface area contributed by atoms with Gasteiger partial charge in [-0.05, 0) is 105 Å². The lowest BCUT2D eigenvalue weighted by Gasteiger charge is -2.34. The number of rotatable bonds is 3. The van der Waals surface area contributed by atoms with E-state index < -0.39 is 5.41 Å². The zero-order valence-corrected chi connectivity index (χ0v) is 20.7. The van der Waals surface area contributed by atoms with E-state index in [1.807, 2.05) is 42.2 Å². The molecule has 2 aliphatic rings. The summed E-state index contributed by atoms with van der Waals surface area (Å²) in [6.07, 6.45) is 1.89. The van der Waals surface area contributed by atoms with E-state index in [4.69, 9.17) is 16.3 Å². The van der Waals surface area contributed by atoms with Gasteiger partial charge in [-0.2, -0.15) is 0 Å². The molecule has 2 heterocycles. The molecular formula is C29H30ClNO2. The molecule has 170 valence electrons. The first-order valence-electron chi connectivity index (χ1n) is 11.6. The van der Waals surface area contributed by atoms with Gasteiger partial charge in [-0.15, -0.1) is 0 Å². The van der Waals surface area contributed by atoms with Crippen LogP contribution < -0.4 is 9.64 Å². The van der Waals surface area contributed by atoms with Crippen LogP contribution in [0.4, 0.5) is 5.69 Å². The number of halogens is 1. The Morgan fingerprint density at radius 1 is 1.00 bits per heavy atom. The third kappa shape index (κ3) is 3.54. The van der Waals surface area contributed by atoms with Crippen molar-refractivity contribution in [1.82, 2.24) is 0 Å². The summed E-state index contributed by atoms with van der Waals surface area (Å²) in [5.41, 5.74) is 6.66. The van der Waals surface area contributed by atoms with Crippen LogP contribution in [-0.4, -0.2) is 11.5 Å². The smallest absolute Gasteiger partial charge is 0.242 e. The Bertz CT molecular complexity index is 1260. The van der Waals surface area contributed by atoms with Crippen molar-refractivity contribution in [2.75, 3.05) is 4.90 Å². The summed E-state index contributed by atoms with van der Waals surface area (Å²) in [5.74, 6) is 1.00. The molecule has 0 N–H and O–H groups in total. The molecule has 0 fully saturated rings. The molecule has 0 aromatic heterocycles. The van der Waals surface area contributed by atoms with Gasteiger partial charge in [0, 0.05) is 10.7 Å². The number of benzene rings is 3. The van der Waals surface area contributed by atoms with Crippen LogP contribution in [-0.2, 0) is 23.2 Å². The summed E-state index contributed by atoms with van der Waals surface area (Å²) in [5, 5.41) is 0.643. The third-order valence-electron chi connectivity index (χ3n) is 7.44. The first-order valence-corrected chi connectivity index (χ1v) is 12.0. The van der Waals surface area contributed by atoms with Gasteiger partial charge in [0.2, 0.25) is 5.91 Å². The van der Waals surface area contributed by atoms with Crippen LogP contribution in [0.25, 0.3) is 0 Å². The average molecular weight is 460 g/mol. The average Bonchev–Trinajstić information content (AvgIpc) is 2.97. The summed E-state index contributed by atoms with van der Waals surface area (Å²) in [4.78, 5) is 16.1. The highest BCUT2D eigenvalue weighted by molar-refractivity contribution is 6.31. The number of amides is 1. The lowest BCUT2D eigenvalue weighted by molar-refractivity contribution is -0.121. The van der Waals surface area contributed by atoms with Crippen molar-refractivity contribution in [1.29, 1.82) is 0 Å². The minimum absolute atomic E-state index is 0.0828. The highest BCUT2D eigenvalue weighted by Gasteiger charge is 2.49. The van der Waals surface area contributed by atoms with Crippen molar-refractivity contribution < 1.29 is 9.53 Å². The van der Waals surface area contributed by atoms with Crippen molar-refractivity contribution in [2.45, 2.75) is 65.0 Å². The quantitative estimate of drug-likeness (QED) is 0.425. The van der Waals surface area contributed by atoms with E-state index in [1.54, 1.807) is 0 Å². The molecular weight excluding hydrogens is 430 g/mol. The molecule has 3 aromatic carbocycles. The second-order valence-corrected chi connectivity index (χ2v) is 10.7. The molecule has 0 unspecified atom stereocenters. The highest BCUT2D eigenvalue weighted by atomic mass is 35.5. The molecule has 4 heteroatoms. The molecule has 0 bridgehead atoms. The fourth-order valence-electron chi connectivity index (χ4n) is 5.30. The van der Waals surface area contributed by atoms with E-state index in [2.05, 4.69) is 52.0 Å². The maximum Gasteiger partial charge on any atom is 0.242 e. The van der Waals surface area contributed by atoms with E-state index in [0.29, 0.717) is 11.6 Å². The van der Waals surface area contributed by atoms with Gasteiger partial charge < -0.3 is 9.64 Å². The minimum atomic E-state index is -0.807. The molecule has 3 aromatic rings. The van der Waals surface area contributed by atoms with Crippen LogP contribution in [0.2, 0.25) is 5.02 Å². The number of ether oxygens (including phenoxy) is 1. The number of hydrogen-bond donors (Lipinski definition) is 0. The van der Waals surface area contributed by atoms with Gasteiger partial charge >= 0.3 is 0 Å². The normalized spacial score (nSPS) is 20.9. The molecule has 0 saturated carbocycles. The SMILES string of the molecule is Cc1cccc(C)c1CN1C(=O)[C@@](C)(c2ccc3c(c2)CCC(C)(C)O3)c2cc(Cl)ccc21. The molecule has 3 nitrogen and oxygen atoms in total. The Balaban J connectivity index is 1.61. The fourth-order valence-corrected chi connectivity index (χ4v) is 5.47. The summed E-state index contributed by atoms with van der Waals surface area (Å²) < 4.78 is 6.20. The van der Waals surface area contributed by atoms with Crippen molar-refractivity contribution >= 4 is 23.2 Å². The predicted octanol–water partition coefficient (Wildman–Crippen LogP) is 6.91. The molecule has 1 atom stereocenters. The van der Waals surface area contributed by atoms with Gasteiger partial charge in [-0.25, -0.2) is 0 Å². The van der Waals surface area contributed by atoms with E-state index in [1.165, 1.54) is 16.7 Å². The third-order valence-corrected chi connectivity index (χ3v) is 7.68. The van der Waals surface area contributed by atoms with E-state index in [0.717, 1.165) is 41.0 Å².